The number of carbonyl (C=O) groups is 1. The van der Waals surface area contributed by atoms with Gasteiger partial charge in [-0.2, -0.15) is 5.10 Å². The summed E-state index contributed by atoms with van der Waals surface area (Å²) in [5, 5.41) is 9.00. The number of amides is 1. The first kappa shape index (κ1) is 9.85. The highest BCUT2D eigenvalue weighted by Crippen LogP contribution is 2.20. The first-order chi connectivity index (χ1) is 7.27. The topological polar surface area (TPSA) is 70.7 Å². The lowest BCUT2D eigenvalue weighted by Gasteiger charge is -2.04. The quantitative estimate of drug-likeness (QED) is 0.871. The molecule has 0 radical (unpaired) electrons. The molecule has 5 nitrogen and oxygen atoms in total. The summed E-state index contributed by atoms with van der Waals surface area (Å²) in [6, 6.07) is 3.31. The van der Waals surface area contributed by atoms with Crippen molar-refractivity contribution in [3.05, 3.63) is 40.9 Å². The van der Waals surface area contributed by atoms with E-state index >= 15 is 0 Å². The molecule has 2 heterocycles. The highest BCUT2D eigenvalue weighted by Gasteiger charge is 2.08. The molecule has 2 aromatic heterocycles. The zero-order valence-electron chi connectivity index (χ0n) is 7.57. The zero-order valence-corrected chi connectivity index (χ0v) is 9.15. The van der Waals surface area contributed by atoms with E-state index in [4.69, 9.17) is 0 Å². The van der Waals surface area contributed by atoms with Gasteiger partial charge in [-0.15, -0.1) is 0 Å². The Labute approximate surface area is 94.0 Å². The third kappa shape index (κ3) is 2.21. The molecule has 0 aliphatic rings. The van der Waals surface area contributed by atoms with Crippen LogP contribution in [0.5, 0.6) is 0 Å². The number of halogens is 1. The van der Waals surface area contributed by atoms with Gasteiger partial charge in [0, 0.05) is 18.6 Å². The van der Waals surface area contributed by atoms with Crippen LogP contribution in [-0.4, -0.2) is 21.1 Å². The Balaban J connectivity index is 2.17. The maximum absolute atomic E-state index is 11.6. The second-order valence-corrected chi connectivity index (χ2v) is 3.63. The maximum atomic E-state index is 11.6. The van der Waals surface area contributed by atoms with E-state index in [0.29, 0.717) is 11.4 Å². The number of H-pyrrole nitrogens is 1. The minimum absolute atomic E-state index is 0.237. The summed E-state index contributed by atoms with van der Waals surface area (Å²) >= 11 is 3.29. The number of hydrogen-bond acceptors (Lipinski definition) is 3. The molecule has 0 aliphatic heterocycles. The fourth-order valence-corrected chi connectivity index (χ4v) is 1.40. The fraction of sp³-hybridized carbons (Fsp3) is 0. The third-order valence-corrected chi connectivity index (χ3v) is 2.40. The number of carbonyl (C=O) groups excluding carboxylic acids is 1. The molecule has 1 amide bonds. The van der Waals surface area contributed by atoms with Crippen molar-refractivity contribution in [3.8, 4) is 0 Å². The van der Waals surface area contributed by atoms with E-state index < -0.39 is 0 Å². The number of rotatable bonds is 2. The number of nitrogens with zero attached hydrogens (tertiary/aromatic N) is 2. The van der Waals surface area contributed by atoms with Crippen LogP contribution in [0.2, 0.25) is 0 Å². The molecule has 0 saturated heterocycles. The standard InChI is InChI=1S/C9H7BrN4O/c10-6-5-11-3-1-7(6)13-9(15)8-2-4-12-14-8/h1-5H,(H,12,14)(H,11,13,15). The molecule has 0 aliphatic carbocycles. The number of hydrogen-bond donors (Lipinski definition) is 2. The fourth-order valence-electron chi connectivity index (χ4n) is 1.05. The lowest BCUT2D eigenvalue weighted by molar-refractivity contribution is 0.102. The summed E-state index contributed by atoms with van der Waals surface area (Å²) in [5.74, 6) is -0.237. The molecule has 0 atom stereocenters. The molecule has 2 rings (SSSR count). The van der Waals surface area contributed by atoms with Crippen LogP contribution in [0.1, 0.15) is 10.5 Å². The summed E-state index contributed by atoms with van der Waals surface area (Å²) in [5.41, 5.74) is 1.09. The predicted octanol–water partition coefficient (Wildman–Crippen LogP) is 1.82. The van der Waals surface area contributed by atoms with Crippen molar-refractivity contribution in [3.63, 3.8) is 0 Å². The van der Waals surface area contributed by atoms with E-state index in [-0.39, 0.29) is 5.91 Å². The van der Waals surface area contributed by atoms with E-state index in [1.807, 2.05) is 0 Å². The molecular weight excluding hydrogens is 260 g/mol. The van der Waals surface area contributed by atoms with Crippen LogP contribution in [0.15, 0.2) is 35.2 Å². The molecule has 0 bridgehead atoms. The van der Waals surface area contributed by atoms with E-state index in [0.717, 1.165) is 4.47 Å². The van der Waals surface area contributed by atoms with Crippen molar-refractivity contribution in [2.24, 2.45) is 0 Å². The van der Waals surface area contributed by atoms with Crippen LogP contribution in [0, 0.1) is 0 Å². The SMILES string of the molecule is O=C(Nc1ccncc1Br)c1ccn[nH]1. The van der Waals surface area contributed by atoms with E-state index in [2.05, 4.69) is 36.4 Å². The van der Waals surface area contributed by atoms with Gasteiger partial charge in [-0.25, -0.2) is 0 Å². The Kier molecular flexibility index (Phi) is 2.77. The molecule has 2 aromatic rings. The monoisotopic (exact) mass is 266 g/mol. The minimum atomic E-state index is -0.237. The minimum Gasteiger partial charge on any atom is -0.320 e. The zero-order chi connectivity index (χ0) is 10.7. The van der Waals surface area contributed by atoms with Crippen LogP contribution in [0.3, 0.4) is 0 Å². The van der Waals surface area contributed by atoms with Gasteiger partial charge in [0.15, 0.2) is 0 Å². The van der Waals surface area contributed by atoms with Gasteiger partial charge in [-0.05, 0) is 28.1 Å². The van der Waals surface area contributed by atoms with Crippen molar-refractivity contribution in [1.82, 2.24) is 15.2 Å². The third-order valence-electron chi connectivity index (χ3n) is 1.77. The lowest BCUT2D eigenvalue weighted by atomic mass is 10.3. The molecule has 6 heteroatoms. The highest BCUT2D eigenvalue weighted by molar-refractivity contribution is 9.10. The van der Waals surface area contributed by atoms with Crippen LogP contribution >= 0.6 is 15.9 Å². The summed E-state index contributed by atoms with van der Waals surface area (Å²) in [6.45, 7) is 0. The van der Waals surface area contributed by atoms with Gasteiger partial charge in [0.1, 0.15) is 5.69 Å². The average molecular weight is 267 g/mol. The van der Waals surface area contributed by atoms with Crippen LogP contribution < -0.4 is 5.32 Å². The van der Waals surface area contributed by atoms with Crippen molar-refractivity contribution in [2.45, 2.75) is 0 Å². The van der Waals surface area contributed by atoms with Crippen molar-refractivity contribution >= 4 is 27.5 Å². The molecule has 15 heavy (non-hydrogen) atoms. The first-order valence-corrected chi connectivity index (χ1v) is 4.97. The largest absolute Gasteiger partial charge is 0.320 e. The van der Waals surface area contributed by atoms with Gasteiger partial charge in [-0.1, -0.05) is 0 Å². The van der Waals surface area contributed by atoms with Crippen molar-refractivity contribution in [2.75, 3.05) is 5.32 Å². The Morgan fingerprint density at radius 1 is 1.40 bits per heavy atom. The van der Waals surface area contributed by atoms with Crippen LogP contribution in [0.25, 0.3) is 0 Å². The van der Waals surface area contributed by atoms with E-state index in [1.165, 1.54) is 6.20 Å². The van der Waals surface area contributed by atoms with Crippen LogP contribution in [-0.2, 0) is 0 Å². The van der Waals surface area contributed by atoms with Gasteiger partial charge in [-0.3, -0.25) is 14.9 Å². The van der Waals surface area contributed by atoms with E-state index in [1.54, 1.807) is 24.5 Å². The Bertz CT molecular complexity index is 469. The summed E-state index contributed by atoms with van der Waals surface area (Å²) in [6.07, 6.45) is 4.74. The molecule has 2 N–H and O–H groups in total. The first-order valence-electron chi connectivity index (χ1n) is 4.17. The van der Waals surface area contributed by atoms with Crippen LogP contribution in [0.4, 0.5) is 5.69 Å². The normalized spacial score (nSPS) is 9.93. The summed E-state index contributed by atoms with van der Waals surface area (Å²) in [7, 11) is 0. The van der Waals surface area contributed by atoms with Gasteiger partial charge in [0.2, 0.25) is 0 Å². The average Bonchev–Trinajstić information content (AvgIpc) is 2.74. The molecule has 0 unspecified atom stereocenters. The Morgan fingerprint density at radius 2 is 2.27 bits per heavy atom. The predicted molar refractivity (Wildman–Crippen MR) is 58.5 cm³/mol. The lowest BCUT2D eigenvalue weighted by Crippen LogP contribution is -2.12. The van der Waals surface area contributed by atoms with Crippen molar-refractivity contribution in [1.29, 1.82) is 0 Å². The molecular formula is C9H7BrN4O. The smallest absolute Gasteiger partial charge is 0.273 e. The number of aromatic nitrogens is 3. The summed E-state index contributed by atoms with van der Waals surface area (Å²) < 4.78 is 0.734. The van der Waals surface area contributed by atoms with Gasteiger partial charge in [0.05, 0.1) is 10.2 Å². The Morgan fingerprint density at radius 3 is 2.93 bits per heavy atom. The number of pyridine rings is 1. The number of anilines is 1. The van der Waals surface area contributed by atoms with Crippen molar-refractivity contribution < 1.29 is 4.79 Å². The number of aromatic amines is 1. The van der Waals surface area contributed by atoms with Gasteiger partial charge in [0.25, 0.3) is 5.91 Å². The van der Waals surface area contributed by atoms with Gasteiger partial charge < -0.3 is 5.32 Å². The second-order valence-electron chi connectivity index (χ2n) is 2.78. The molecule has 0 aromatic carbocycles. The maximum Gasteiger partial charge on any atom is 0.273 e. The molecule has 0 fully saturated rings. The highest BCUT2D eigenvalue weighted by atomic mass is 79.9. The number of nitrogens with one attached hydrogen (secondary N) is 2. The van der Waals surface area contributed by atoms with E-state index in [9.17, 15) is 4.79 Å². The van der Waals surface area contributed by atoms with Gasteiger partial charge >= 0.3 is 0 Å². The summed E-state index contributed by atoms with van der Waals surface area (Å²) in [4.78, 5) is 15.5. The molecule has 76 valence electrons. The second kappa shape index (κ2) is 4.22. The molecule has 0 saturated carbocycles. The Hall–Kier alpha value is -1.69. The molecule has 0 spiro atoms.